The molecule has 1 unspecified atom stereocenters. The lowest BCUT2D eigenvalue weighted by Gasteiger charge is -2.36. The Bertz CT molecular complexity index is 463. The topological polar surface area (TPSA) is 56.5 Å². The molecule has 1 fully saturated rings. The summed E-state index contributed by atoms with van der Waals surface area (Å²) in [5.74, 6) is -0.249. The van der Waals surface area contributed by atoms with E-state index in [1.807, 2.05) is 0 Å². The van der Waals surface area contributed by atoms with Gasteiger partial charge >= 0.3 is 0 Å². The lowest BCUT2D eigenvalue weighted by Crippen LogP contribution is -2.40. The fourth-order valence-electron chi connectivity index (χ4n) is 2.43. The molecule has 1 saturated heterocycles. The van der Waals surface area contributed by atoms with Crippen molar-refractivity contribution in [2.45, 2.75) is 38.3 Å². The maximum Gasteiger partial charge on any atom is 0.167 e. The number of nitrogens with one attached hydrogen (secondary N) is 1. The van der Waals surface area contributed by atoms with Crippen LogP contribution in [0, 0.1) is 5.82 Å². The molecule has 106 valence electrons. The summed E-state index contributed by atoms with van der Waals surface area (Å²) in [7, 11) is 1.44. The summed E-state index contributed by atoms with van der Waals surface area (Å²) in [5.41, 5.74) is 6.80. The van der Waals surface area contributed by atoms with Crippen LogP contribution in [0.15, 0.2) is 12.1 Å². The summed E-state index contributed by atoms with van der Waals surface area (Å²) in [6.07, 6.45) is 1.79. The third-order valence-corrected chi connectivity index (χ3v) is 3.38. The van der Waals surface area contributed by atoms with Crippen LogP contribution >= 0.6 is 0 Å². The molecule has 1 heterocycles. The van der Waals surface area contributed by atoms with Gasteiger partial charge in [0.1, 0.15) is 0 Å². The normalized spacial score (nSPS) is 22.0. The first kappa shape index (κ1) is 13.9. The second-order valence-corrected chi connectivity index (χ2v) is 5.52. The van der Waals surface area contributed by atoms with Crippen molar-refractivity contribution < 1.29 is 13.9 Å². The van der Waals surface area contributed by atoms with E-state index in [2.05, 4.69) is 19.2 Å². The lowest BCUT2D eigenvalue weighted by atomic mass is 9.93. The minimum absolute atomic E-state index is 0.144. The number of nitrogens with two attached hydrogens (primary N) is 1. The van der Waals surface area contributed by atoms with Crippen molar-refractivity contribution in [1.82, 2.24) is 0 Å². The first-order chi connectivity index (χ1) is 8.91. The van der Waals surface area contributed by atoms with Crippen LogP contribution < -0.4 is 15.8 Å². The molecule has 1 aromatic carbocycles. The maximum absolute atomic E-state index is 13.5. The molecule has 0 aliphatic carbocycles. The van der Waals surface area contributed by atoms with Crippen LogP contribution in [0.4, 0.5) is 15.8 Å². The molecule has 19 heavy (non-hydrogen) atoms. The van der Waals surface area contributed by atoms with Gasteiger partial charge < -0.3 is 20.5 Å². The standard InChI is InChI=1S/C14H21FN2O2/c1-14(2)8-9(4-5-19-14)17-12-7-13(18-3)10(15)6-11(12)16/h6-7,9,17H,4-5,8,16H2,1-3H3. The third kappa shape index (κ3) is 3.29. The van der Waals surface area contributed by atoms with E-state index in [9.17, 15) is 4.39 Å². The van der Waals surface area contributed by atoms with Crippen LogP contribution in [-0.2, 0) is 4.74 Å². The molecule has 0 spiro atoms. The van der Waals surface area contributed by atoms with E-state index < -0.39 is 5.82 Å². The number of methoxy groups -OCH3 is 1. The zero-order valence-corrected chi connectivity index (χ0v) is 11.6. The van der Waals surface area contributed by atoms with Crippen molar-refractivity contribution in [3.05, 3.63) is 17.9 Å². The van der Waals surface area contributed by atoms with Crippen LogP contribution in [0.1, 0.15) is 26.7 Å². The van der Waals surface area contributed by atoms with Gasteiger partial charge in [-0.25, -0.2) is 4.39 Å². The fraction of sp³-hybridized carbons (Fsp3) is 0.571. The van der Waals surface area contributed by atoms with E-state index in [1.54, 1.807) is 6.07 Å². The molecule has 3 N–H and O–H groups in total. The van der Waals surface area contributed by atoms with Crippen molar-refractivity contribution >= 4 is 11.4 Å². The van der Waals surface area contributed by atoms with Gasteiger partial charge in [0.2, 0.25) is 0 Å². The van der Waals surface area contributed by atoms with Gasteiger partial charge in [0.05, 0.1) is 24.1 Å². The van der Waals surface area contributed by atoms with Crippen molar-refractivity contribution in [3.63, 3.8) is 0 Å². The minimum Gasteiger partial charge on any atom is -0.494 e. The smallest absolute Gasteiger partial charge is 0.167 e. The van der Waals surface area contributed by atoms with Crippen molar-refractivity contribution in [2.24, 2.45) is 0 Å². The van der Waals surface area contributed by atoms with E-state index in [1.165, 1.54) is 13.2 Å². The predicted octanol–water partition coefficient (Wildman–Crippen LogP) is 2.79. The summed E-state index contributed by atoms with van der Waals surface area (Å²) >= 11 is 0. The largest absolute Gasteiger partial charge is 0.494 e. The van der Waals surface area contributed by atoms with Gasteiger partial charge in [0.25, 0.3) is 0 Å². The van der Waals surface area contributed by atoms with Gasteiger partial charge in [-0.1, -0.05) is 0 Å². The van der Waals surface area contributed by atoms with Gasteiger partial charge in [-0.2, -0.15) is 0 Å². The number of anilines is 2. The molecule has 0 saturated carbocycles. The number of nitrogen functional groups attached to an aromatic ring is 1. The lowest BCUT2D eigenvalue weighted by molar-refractivity contribution is -0.0553. The highest BCUT2D eigenvalue weighted by Gasteiger charge is 2.29. The Kier molecular flexibility index (Phi) is 3.85. The van der Waals surface area contributed by atoms with Crippen LogP contribution in [0.5, 0.6) is 5.75 Å². The predicted molar refractivity (Wildman–Crippen MR) is 74.0 cm³/mol. The van der Waals surface area contributed by atoms with Crippen molar-refractivity contribution in [3.8, 4) is 5.75 Å². The van der Waals surface area contributed by atoms with E-state index in [4.69, 9.17) is 15.2 Å². The highest BCUT2D eigenvalue weighted by atomic mass is 19.1. The summed E-state index contributed by atoms with van der Waals surface area (Å²) in [6, 6.07) is 3.15. The number of hydrogen-bond donors (Lipinski definition) is 2. The molecule has 1 atom stereocenters. The Morgan fingerprint density at radius 3 is 2.84 bits per heavy atom. The Morgan fingerprint density at radius 2 is 2.21 bits per heavy atom. The molecule has 0 aromatic heterocycles. The fourth-order valence-corrected chi connectivity index (χ4v) is 2.43. The SMILES string of the molecule is COc1cc(NC2CCOC(C)(C)C2)c(N)cc1F. The average molecular weight is 268 g/mol. The zero-order chi connectivity index (χ0) is 14.0. The second-order valence-electron chi connectivity index (χ2n) is 5.52. The average Bonchev–Trinajstić information content (AvgIpc) is 2.31. The Hall–Kier alpha value is -1.49. The molecule has 0 bridgehead atoms. The third-order valence-electron chi connectivity index (χ3n) is 3.38. The number of halogens is 1. The zero-order valence-electron chi connectivity index (χ0n) is 11.6. The summed E-state index contributed by atoms with van der Waals surface area (Å²) in [4.78, 5) is 0. The van der Waals surface area contributed by atoms with Crippen molar-refractivity contribution in [2.75, 3.05) is 24.8 Å². The number of ether oxygens (including phenoxy) is 2. The molecule has 1 aliphatic rings. The number of rotatable bonds is 3. The van der Waals surface area contributed by atoms with E-state index in [0.717, 1.165) is 12.8 Å². The van der Waals surface area contributed by atoms with Crippen LogP contribution in [0.3, 0.4) is 0 Å². The molecule has 0 radical (unpaired) electrons. The van der Waals surface area contributed by atoms with Crippen LogP contribution in [-0.4, -0.2) is 25.4 Å². The Balaban J connectivity index is 2.14. The van der Waals surface area contributed by atoms with Gasteiger partial charge in [-0.05, 0) is 26.7 Å². The first-order valence-corrected chi connectivity index (χ1v) is 6.45. The molecule has 0 amide bonds. The van der Waals surface area contributed by atoms with Crippen LogP contribution in [0.2, 0.25) is 0 Å². The van der Waals surface area contributed by atoms with E-state index >= 15 is 0 Å². The molecule has 4 nitrogen and oxygen atoms in total. The highest BCUT2D eigenvalue weighted by Crippen LogP contribution is 2.31. The number of benzene rings is 1. The van der Waals surface area contributed by atoms with Gasteiger partial charge in [-0.3, -0.25) is 0 Å². The minimum atomic E-state index is -0.446. The quantitative estimate of drug-likeness (QED) is 0.828. The van der Waals surface area contributed by atoms with E-state index in [0.29, 0.717) is 18.0 Å². The molecule has 2 rings (SSSR count). The monoisotopic (exact) mass is 268 g/mol. The number of hydrogen-bond acceptors (Lipinski definition) is 4. The summed E-state index contributed by atoms with van der Waals surface area (Å²) in [5, 5.41) is 3.36. The van der Waals surface area contributed by atoms with Gasteiger partial charge in [0.15, 0.2) is 11.6 Å². The van der Waals surface area contributed by atoms with Crippen molar-refractivity contribution in [1.29, 1.82) is 0 Å². The molecule has 1 aromatic rings. The Labute approximate surface area is 113 Å². The van der Waals surface area contributed by atoms with Crippen LogP contribution in [0.25, 0.3) is 0 Å². The highest BCUT2D eigenvalue weighted by molar-refractivity contribution is 5.69. The summed E-state index contributed by atoms with van der Waals surface area (Å²) in [6.45, 7) is 4.84. The second kappa shape index (κ2) is 5.25. The molecular formula is C14H21FN2O2. The van der Waals surface area contributed by atoms with E-state index in [-0.39, 0.29) is 17.4 Å². The van der Waals surface area contributed by atoms with Gasteiger partial charge in [0, 0.05) is 24.8 Å². The van der Waals surface area contributed by atoms with Gasteiger partial charge in [-0.15, -0.1) is 0 Å². The Morgan fingerprint density at radius 1 is 1.47 bits per heavy atom. The summed E-state index contributed by atoms with van der Waals surface area (Å²) < 4.78 is 24.1. The maximum atomic E-state index is 13.5. The first-order valence-electron chi connectivity index (χ1n) is 6.45. The molecular weight excluding hydrogens is 247 g/mol. The molecule has 5 heteroatoms. The molecule has 1 aliphatic heterocycles.